The van der Waals surface area contributed by atoms with E-state index in [1.54, 1.807) is 6.08 Å². The molecule has 0 saturated carbocycles. The molecule has 4 rings (SSSR count). The maximum atomic E-state index is 12.3. The normalized spacial score (nSPS) is 14.6. The topological polar surface area (TPSA) is 47.9 Å². The highest BCUT2D eigenvalue weighted by Crippen LogP contribution is 2.29. The number of aryl methyl sites for hydroxylation is 1. The van der Waals surface area contributed by atoms with Gasteiger partial charge in [0.2, 0.25) is 0 Å². The summed E-state index contributed by atoms with van der Waals surface area (Å²) in [4.78, 5) is 17.3. The summed E-state index contributed by atoms with van der Waals surface area (Å²) in [7, 11) is 0. The Morgan fingerprint density at radius 3 is 2.55 bits per heavy atom. The summed E-state index contributed by atoms with van der Waals surface area (Å²) in [5.41, 5.74) is 4.78. The minimum Gasteiger partial charge on any atom is -0.488 e. The van der Waals surface area contributed by atoms with E-state index in [-0.39, 0.29) is 0 Å². The van der Waals surface area contributed by atoms with E-state index in [9.17, 15) is 4.79 Å². The average molecular weight is 448 g/mol. The van der Waals surface area contributed by atoms with Crippen LogP contribution in [0.25, 0.3) is 6.08 Å². The molecule has 29 heavy (non-hydrogen) atoms. The van der Waals surface area contributed by atoms with E-state index in [4.69, 9.17) is 9.57 Å². The molecule has 1 aliphatic rings. The number of oxime groups is 1. The van der Waals surface area contributed by atoms with Gasteiger partial charge in [0.05, 0.1) is 5.57 Å². The van der Waals surface area contributed by atoms with E-state index in [0.717, 1.165) is 21.2 Å². The fourth-order valence-corrected chi connectivity index (χ4v) is 3.36. The molecule has 0 spiro atoms. The highest BCUT2D eigenvalue weighted by Gasteiger charge is 2.27. The van der Waals surface area contributed by atoms with Crippen LogP contribution in [-0.2, 0) is 16.2 Å². The molecule has 0 amide bonds. The summed E-state index contributed by atoms with van der Waals surface area (Å²) >= 11 is 3.49. The molecule has 1 aliphatic heterocycles. The molecule has 0 fully saturated rings. The van der Waals surface area contributed by atoms with Crippen LogP contribution in [-0.4, -0.2) is 11.7 Å². The maximum absolute atomic E-state index is 12.3. The molecule has 0 bridgehead atoms. The summed E-state index contributed by atoms with van der Waals surface area (Å²) in [5.74, 6) is 0.196. The highest BCUT2D eigenvalue weighted by atomic mass is 79.9. The van der Waals surface area contributed by atoms with Crippen molar-refractivity contribution in [3.8, 4) is 5.75 Å². The number of carbonyl (C=O) groups excluding carboxylic acids is 1. The summed E-state index contributed by atoms with van der Waals surface area (Å²) < 4.78 is 6.93. The fraction of sp³-hybridized carbons (Fsp3) is 0.0833. The van der Waals surface area contributed by atoms with Gasteiger partial charge in [-0.05, 0) is 36.8 Å². The average Bonchev–Trinajstić information content (AvgIpc) is 3.10. The molecule has 3 aromatic rings. The number of hydrogen-bond acceptors (Lipinski definition) is 4. The van der Waals surface area contributed by atoms with E-state index in [1.807, 2.05) is 60.7 Å². The Balaban J connectivity index is 1.65. The van der Waals surface area contributed by atoms with Crippen molar-refractivity contribution in [2.24, 2.45) is 5.16 Å². The third-order valence-corrected chi connectivity index (χ3v) is 5.02. The summed E-state index contributed by atoms with van der Waals surface area (Å²) in [6.45, 7) is 2.48. The Morgan fingerprint density at radius 2 is 1.79 bits per heavy atom. The first-order chi connectivity index (χ1) is 14.1. The first kappa shape index (κ1) is 19.2. The van der Waals surface area contributed by atoms with Gasteiger partial charge in [-0.15, -0.1) is 0 Å². The van der Waals surface area contributed by atoms with E-state index in [1.165, 1.54) is 5.56 Å². The van der Waals surface area contributed by atoms with Crippen LogP contribution >= 0.6 is 15.9 Å². The first-order valence-electron chi connectivity index (χ1n) is 9.15. The smallest absolute Gasteiger partial charge is 0.368 e. The predicted octanol–water partition coefficient (Wildman–Crippen LogP) is 5.68. The van der Waals surface area contributed by atoms with Crippen LogP contribution in [0.2, 0.25) is 0 Å². The van der Waals surface area contributed by atoms with Crippen LogP contribution in [0.3, 0.4) is 0 Å². The minimum atomic E-state index is -0.478. The van der Waals surface area contributed by atoms with Crippen molar-refractivity contribution in [2.45, 2.75) is 13.5 Å². The van der Waals surface area contributed by atoms with Crippen molar-refractivity contribution in [1.29, 1.82) is 0 Å². The van der Waals surface area contributed by atoms with Gasteiger partial charge in [0, 0.05) is 15.6 Å². The van der Waals surface area contributed by atoms with E-state index in [0.29, 0.717) is 23.6 Å². The van der Waals surface area contributed by atoms with Crippen molar-refractivity contribution in [1.82, 2.24) is 0 Å². The predicted molar refractivity (Wildman–Crippen MR) is 117 cm³/mol. The van der Waals surface area contributed by atoms with Crippen molar-refractivity contribution in [2.75, 3.05) is 0 Å². The van der Waals surface area contributed by atoms with Gasteiger partial charge in [-0.3, -0.25) is 0 Å². The SMILES string of the molecule is Cc1ccc(COc2ccc(Br)cc2/C=C2\C(=O)ON=C2c2ccccc2)cc1. The molecule has 1 heterocycles. The Morgan fingerprint density at radius 1 is 1.03 bits per heavy atom. The summed E-state index contributed by atoms with van der Waals surface area (Å²) in [6, 6.07) is 23.4. The van der Waals surface area contributed by atoms with E-state index < -0.39 is 5.97 Å². The molecule has 0 aromatic heterocycles. The lowest BCUT2D eigenvalue weighted by Crippen LogP contribution is -2.07. The second-order valence-corrected chi connectivity index (χ2v) is 7.61. The zero-order chi connectivity index (χ0) is 20.2. The monoisotopic (exact) mass is 447 g/mol. The lowest BCUT2D eigenvalue weighted by Gasteiger charge is -2.11. The van der Waals surface area contributed by atoms with Gasteiger partial charge in [-0.1, -0.05) is 81.2 Å². The van der Waals surface area contributed by atoms with Gasteiger partial charge in [-0.25, -0.2) is 4.79 Å². The van der Waals surface area contributed by atoms with Crippen LogP contribution in [0.4, 0.5) is 0 Å². The number of rotatable bonds is 5. The molecule has 3 aromatic carbocycles. The largest absolute Gasteiger partial charge is 0.488 e. The Bertz CT molecular complexity index is 1100. The fourth-order valence-electron chi connectivity index (χ4n) is 2.98. The van der Waals surface area contributed by atoms with Crippen molar-refractivity contribution in [3.63, 3.8) is 0 Å². The summed E-state index contributed by atoms with van der Waals surface area (Å²) in [5, 5.41) is 3.96. The number of halogens is 1. The van der Waals surface area contributed by atoms with E-state index >= 15 is 0 Å². The lowest BCUT2D eigenvalue weighted by molar-refractivity contribution is -0.136. The zero-order valence-corrected chi connectivity index (χ0v) is 17.3. The molecular formula is C24H18BrNO3. The third kappa shape index (κ3) is 4.46. The number of nitrogens with zero attached hydrogens (tertiary/aromatic N) is 1. The minimum absolute atomic E-state index is 0.398. The highest BCUT2D eigenvalue weighted by molar-refractivity contribution is 9.10. The molecular weight excluding hydrogens is 430 g/mol. The molecule has 4 nitrogen and oxygen atoms in total. The van der Waals surface area contributed by atoms with Crippen molar-refractivity contribution < 1.29 is 14.4 Å². The van der Waals surface area contributed by atoms with Gasteiger partial charge in [0.15, 0.2) is 0 Å². The van der Waals surface area contributed by atoms with Crippen LogP contribution in [0.5, 0.6) is 5.75 Å². The molecule has 5 heteroatoms. The zero-order valence-electron chi connectivity index (χ0n) is 15.8. The molecule has 0 N–H and O–H groups in total. The van der Waals surface area contributed by atoms with Crippen molar-refractivity contribution >= 4 is 33.7 Å². The van der Waals surface area contributed by atoms with Crippen LogP contribution in [0.15, 0.2) is 88.0 Å². The Kier molecular flexibility index (Phi) is 5.58. The second kappa shape index (κ2) is 8.45. The number of benzene rings is 3. The van der Waals surface area contributed by atoms with Gasteiger partial charge in [0.1, 0.15) is 18.1 Å². The Labute approximate surface area is 177 Å². The van der Waals surface area contributed by atoms with Gasteiger partial charge < -0.3 is 9.57 Å². The molecule has 0 saturated heterocycles. The van der Waals surface area contributed by atoms with Gasteiger partial charge in [-0.2, -0.15) is 0 Å². The third-order valence-electron chi connectivity index (χ3n) is 4.53. The second-order valence-electron chi connectivity index (χ2n) is 6.70. The maximum Gasteiger partial charge on any atom is 0.368 e. The Hall–Kier alpha value is -3.18. The number of ether oxygens (including phenoxy) is 1. The van der Waals surface area contributed by atoms with Gasteiger partial charge >= 0.3 is 5.97 Å². The van der Waals surface area contributed by atoms with Crippen molar-refractivity contribution in [3.05, 3.63) is 105 Å². The van der Waals surface area contributed by atoms with Gasteiger partial charge in [0.25, 0.3) is 0 Å². The van der Waals surface area contributed by atoms with Crippen LogP contribution in [0, 0.1) is 6.92 Å². The standard InChI is InChI=1S/C24H18BrNO3/c1-16-7-9-17(10-8-16)15-28-22-12-11-20(25)13-19(22)14-21-23(26-29-24(21)27)18-5-3-2-4-6-18/h2-14H,15H2,1H3/b21-14-. The van der Waals surface area contributed by atoms with Crippen LogP contribution in [0.1, 0.15) is 22.3 Å². The first-order valence-corrected chi connectivity index (χ1v) is 9.94. The molecule has 0 radical (unpaired) electrons. The lowest BCUT2D eigenvalue weighted by atomic mass is 10.0. The molecule has 0 unspecified atom stereocenters. The molecule has 0 aliphatic carbocycles. The summed E-state index contributed by atoms with van der Waals surface area (Å²) in [6.07, 6.45) is 1.76. The van der Waals surface area contributed by atoms with Crippen LogP contribution < -0.4 is 4.74 Å². The molecule has 144 valence electrons. The quantitative estimate of drug-likeness (QED) is 0.373. The molecule has 0 atom stereocenters. The number of hydrogen-bond donors (Lipinski definition) is 0. The number of carbonyl (C=O) groups is 1. The van der Waals surface area contributed by atoms with E-state index in [2.05, 4.69) is 40.1 Å².